The second kappa shape index (κ2) is 6.09. The van der Waals surface area contributed by atoms with Gasteiger partial charge < -0.3 is 0 Å². The van der Waals surface area contributed by atoms with E-state index in [9.17, 15) is 4.79 Å². The Morgan fingerprint density at radius 2 is 1.80 bits per heavy atom. The summed E-state index contributed by atoms with van der Waals surface area (Å²) < 4.78 is 0. The van der Waals surface area contributed by atoms with Crippen LogP contribution < -0.4 is 0 Å². The molecule has 1 aliphatic rings. The van der Waals surface area contributed by atoms with Gasteiger partial charge in [0, 0.05) is 18.2 Å². The third-order valence-electron chi connectivity index (χ3n) is 4.84. The van der Waals surface area contributed by atoms with Gasteiger partial charge in [-0.25, -0.2) is 0 Å². The Balaban J connectivity index is 2.31. The molecule has 0 spiro atoms. The number of nitrogens with zero attached hydrogens (tertiary/aromatic N) is 1. The lowest BCUT2D eigenvalue weighted by molar-refractivity contribution is 0.101. The van der Waals surface area contributed by atoms with Crippen molar-refractivity contribution in [2.45, 2.75) is 66.0 Å². The number of ketones is 1. The van der Waals surface area contributed by atoms with E-state index in [2.05, 4.69) is 31.9 Å². The maximum Gasteiger partial charge on any atom is 0.160 e. The van der Waals surface area contributed by atoms with E-state index in [1.54, 1.807) is 6.92 Å². The van der Waals surface area contributed by atoms with Crippen molar-refractivity contribution in [2.24, 2.45) is 0 Å². The molecular weight excluding hydrogens is 246 g/mol. The van der Waals surface area contributed by atoms with E-state index in [0.29, 0.717) is 0 Å². The molecule has 0 heterocycles. The molecule has 1 aliphatic carbocycles. The number of aryl methyl sites for hydroxylation is 2. The summed E-state index contributed by atoms with van der Waals surface area (Å²) in [6.07, 6.45) is 5.36. The van der Waals surface area contributed by atoms with Gasteiger partial charge in [0.05, 0.1) is 0 Å². The van der Waals surface area contributed by atoms with Crippen molar-refractivity contribution < 1.29 is 4.79 Å². The molecule has 1 aromatic rings. The standard InChI is InChI=1S/C18H27NO/c1-12-10-13(2)18(15(4)20)14(3)17(12)11-19(5)16-8-6-7-9-16/h10,16H,6-9,11H2,1-5H3. The molecular formula is C18H27NO. The number of benzene rings is 1. The highest BCUT2D eigenvalue weighted by Gasteiger charge is 2.22. The fourth-order valence-corrected chi connectivity index (χ4v) is 3.73. The van der Waals surface area contributed by atoms with Gasteiger partial charge in [-0.2, -0.15) is 0 Å². The van der Waals surface area contributed by atoms with Crippen molar-refractivity contribution in [3.63, 3.8) is 0 Å². The van der Waals surface area contributed by atoms with Crippen LogP contribution in [0.3, 0.4) is 0 Å². The molecule has 20 heavy (non-hydrogen) atoms. The lowest BCUT2D eigenvalue weighted by Gasteiger charge is -2.26. The lowest BCUT2D eigenvalue weighted by Crippen LogP contribution is -2.29. The number of rotatable bonds is 4. The minimum Gasteiger partial charge on any atom is -0.299 e. The molecule has 0 aliphatic heterocycles. The summed E-state index contributed by atoms with van der Waals surface area (Å²) in [5, 5.41) is 0. The average Bonchev–Trinajstić information content (AvgIpc) is 2.87. The van der Waals surface area contributed by atoms with Crippen molar-refractivity contribution in [1.82, 2.24) is 4.90 Å². The van der Waals surface area contributed by atoms with Gasteiger partial charge in [0.2, 0.25) is 0 Å². The fourth-order valence-electron chi connectivity index (χ4n) is 3.73. The van der Waals surface area contributed by atoms with Gasteiger partial charge in [-0.1, -0.05) is 18.9 Å². The first-order chi connectivity index (χ1) is 9.41. The van der Waals surface area contributed by atoms with E-state index in [1.807, 2.05) is 6.92 Å². The molecule has 1 fully saturated rings. The Kier molecular flexibility index (Phi) is 4.64. The molecule has 0 saturated heterocycles. The van der Waals surface area contributed by atoms with Crippen LogP contribution >= 0.6 is 0 Å². The summed E-state index contributed by atoms with van der Waals surface area (Å²) in [4.78, 5) is 14.4. The zero-order valence-corrected chi connectivity index (χ0v) is 13.5. The van der Waals surface area contributed by atoms with Gasteiger partial charge in [-0.3, -0.25) is 9.69 Å². The van der Waals surface area contributed by atoms with Crippen molar-refractivity contribution in [2.75, 3.05) is 7.05 Å². The van der Waals surface area contributed by atoms with Gasteiger partial charge in [-0.05, 0) is 69.8 Å². The van der Waals surface area contributed by atoms with Crippen LogP contribution in [0.15, 0.2) is 6.07 Å². The minimum absolute atomic E-state index is 0.185. The van der Waals surface area contributed by atoms with E-state index < -0.39 is 0 Å². The number of carbonyl (C=O) groups excluding carboxylic acids is 1. The smallest absolute Gasteiger partial charge is 0.160 e. The molecule has 0 bridgehead atoms. The molecule has 1 saturated carbocycles. The molecule has 0 N–H and O–H groups in total. The van der Waals surface area contributed by atoms with Gasteiger partial charge in [-0.15, -0.1) is 0 Å². The van der Waals surface area contributed by atoms with Gasteiger partial charge in [0.25, 0.3) is 0 Å². The van der Waals surface area contributed by atoms with E-state index in [1.165, 1.54) is 42.4 Å². The molecule has 2 heteroatoms. The lowest BCUT2D eigenvalue weighted by atomic mass is 9.91. The highest BCUT2D eigenvalue weighted by atomic mass is 16.1. The molecule has 0 unspecified atom stereocenters. The van der Waals surface area contributed by atoms with Gasteiger partial charge in [0.15, 0.2) is 5.78 Å². The van der Waals surface area contributed by atoms with Crippen molar-refractivity contribution in [3.05, 3.63) is 33.9 Å². The van der Waals surface area contributed by atoms with Crippen LogP contribution in [-0.4, -0.2) is 23.8 Å². The average molecular weight is 273 g/mol. The van der Waals surface area contributed by atoms with Crippen LogP contribution in [0.5, 0.6) is 0 Å². The Bertz CT molecular complexity index is 513. The van der Waals surface area contributed by atoms with Gasteiger partial charge in [0.1, 0.15) is 0 Å². The van der Waals surface area contributed by atoms with Crippen LogP contribution in [0.4, 0.5) is 0 Å². The summed E-state index contributed by atoms with van der Waals surface area (Å²) in [7, 11) is 2.22. The van der Waals surface area contributed by atoms with E-state index in [-0.39, 0.29) is 5.78 Å². The summed E-state index contributed by atoms with van der Waals surface area (Å²) >= 11 is 0. The third-order valence-corrected chi connectivity index (χ3v) is 4.84. The zero-order chi connectivity index (χ0) is 14.9. The second-order valence-electron chi connectivity index (χ2n) is 6.40. The maximum absolute atomic E-state index is 11.9. The topological polar surface area (TPSA) is 20.3 Å². The summed E-state index contributed by atoms with van der Waals surface area (Å²) in [6, 6.07) is 2.89. The predicted molar refractivity (Wildman–Crippen MR) is 84.4 cm³/mol. The molecule has 110 valence electrons. The molecule has 0 atom stereocenters. The Hall–Kier alpha value is -1.15. The van der Waals surface area contributed by atoms with Crippen LogP contribution in [0, 0.1) is 20.8 Å². The van der Waals surface area contributed by atoms with Crippen LogP contribution in [0.1, 0.15) is 65.2 Å². The SMILES string of the molecule is CC(=O)c1c(C)cc(C)c(CN(C)C2CCCC2)c1C. The maximum atomic E-state index is 11.9. The molecule has 0 aromatic heterocycles. The van der Waals surface area contributed by atoms with Crippen molar-refractivity contribution in [3.8, 4) is 0 Å². The fraction of sp³-hybridized carbons (Fsp3) is 0.611. The van der Waals surface area contributed by atoms with Crippen LogP contribution in [0.2, 0.25) is 0 Å². The molecule has 2 rings (SSSR count). The number of Topliss-reactive ketones (excluding diaryl/α,β-unsaturated/α-hetero) is 1. The van der Waals surface area contributed by atoms with Gasteiger partial charge >= 0.3 is 0 Å². The minimum atomic E-state index is 0.185. The molecule has 2 nitrogen and oxygen atoms in total. The largest absolute Gasteiger partial charge is 0.299 e. The Morgan fingerprint density at radius 1 is 1.20 bits per heavy atom. The quantitative estimate of drug-likeness (QED) is 0.767. The summed E-state index contributed by atoms with van der Waals surface area (Å²) in [5.74, 6) is 0.185. The van der Waals surface area contributed by atoms with Crippen LogP contribution in [-0.2, 0) is 6.54 Å². The summed E-state index contributed by atoms with van der Waals surface area (Å²) in [6.45, 7) is 8.95. The van der Waals surface area contributed by atoms with Crippen molar-refractivity contribution in [1.29, 1.82) is 0 Å². The molecule has 1 aromatic carbocycles. The molecule has 0 radical (unpaired) electrons. The summed E-state index contributed by atoms with van der Waals surface area (Å²) in [5.41, 5.74) is 5.87. The normalized spacial score (nSPS) is 16.1. The Labute approximate surface area is 123 Å². The van der Waals surface area contributed by atoms with Crippen LogP contribution in [0.25, 0.3) is 0 Å². The number of hydrogen-bond donors (Lipinski definition) is 0. The third kappa shape index (κ3) is 2.95. The monoisotopic (exact) mass is 273 g/mol. The zero-order valence-electron chi connectivity index (χ0n) is 13.5. The van der Waals surface area contributed by atoms with E-state index >= 15 is 0 Å². The van der Waals surface area contributed by atoms with E-state index in [0.717, 1.165) is 23.7 Å². The highest BCUT2D eigenvalue weighted by Crippen LogP contribution is 2.27. The Morgan fingerprint density at radius 3 is 2.35 bits per heavy atom. The first-order valence-corrected chi connectivity index (χ1v) is 7.72. The predicted octanol–water partition coefficient (Wildman–Crippen LogP) is 4.19. The van der Waals surface area contributed by atoms with E-state index in [4.69, 9.17) is 0 Å². The van der Waals surface area contributed by atoms with Crippen molar-refractivity contribution >= 4 is 5.78 Å². The number of carbonyl (C=O) groups is 1. The first-order valence-electron chi connectivity index (χ1n) is 7.72. The first kappa shape index (κ1) is 15.2. The second-order valence-corrected chi connectivity index (χ2v) is 6.40. The molecule has 0 amide bonds. The number of hydrogen-bond acceptors (Lipinski definition) is 2. The highest BCUT2D eigenvalue weighted by molar-refractivity contribution is 5.97.